The zero-order valence-electron chi connectivity index (χ0n) is 10.8. The fourth-order valence-electron chi connectivity index (χ4n) is 1.94. The molecule has 0 radical (unpaired) electrons. The molecule has 0 amide bonds. The van der Waals surface area contributed by atoms with Crippen molar-refractivity contribution in [1.29, 1.82) is 0 Å². The van der Waals surface area contributed by atoms with Crippen molar-refractivity contribution in [3.05, 3.63) is 59.7 Å². The molecule has 1 aromatic rings. The average molecular weight is 242 g/mol. The van der Waals surface area contributed by atoms with Gasteiger partial charge >= 0.3 is 0 Å². The van der Waals surface area contributed by atoms with Gasteiger partial charge in [0.05, 0.1) is 13.7 Å². The summed E-state index contributed by atoms with van der Waals surface area (Å²) in [5.41, 5.74) is 3.66. The highest BCUT2D eigenvalue weighted by Crippen LogP contribution is 2.22. The van der Waals surface area contributed by atoms with Gasteiger partial charge in [-0.2, -0.15) is 0 Å². The van der Waals surface area contributed by atoms with Crippen LogP contribution in [-0.4, -0.2) is 20.8 Å². The van der Waals surface area contributed by atoms with Crippen molar-refractivity contribution in [2.75, 3.05) is 20.8 Å². The van der Waals surface area contributed by atoms with Crippen LogP contribution < -0.4 is 4.74 Å². The summed E-state index contributed by atoms with van der Waals surface area (Å²) in [6, 6.07) is 8.13. The molecule has 1 aromatic carbocycles. The quantitative estimate of drug-likeness (QED) is 0.803. The van der Waals surface area contributed by atoms with Crippen LogP contribution in [0.15, 0.2) is 54.1 Å². The Balaban J connectivity index is 2.14. The molecule has 0 aromatic heterocycles. The van der Waals surface area contributed by atoms with E-state index in [9.17, 15) is 0 Å². The number of allylic oxidation sites excluding steroid dienone is 4. The van der Waals surface area contributed by atoms with E-state index in [1.165, 1.54) is 16.7 Å². The van der Waals surface area contributed by atoms with Crippen molar-refractivity contribution in [3.63, 3.8) is 0 Å². The molecule has 18 heavy (non-hydrogen) atoms. The minimum atomic E-state index is 0.667. The summed E-state index contributed by atoms with van der Waals surface area (Å²) < 4.78 is 10.3. The maximum atomic E-state index is 5.17. The topological polar surface area (TPSA) is 18.5 Å². The Morgan fingerprint density at radius 3 is 2.44 bits per heavy atom. The lowest BCUT2D eigenvalue weighted by atomic mass is 10.0. The van der Waals surface area contributed by atoms with Gasteiger partial charge in [-0.3, -0.25) is 0 Å². The molecular weight excluding hydrogens is 224 g/mol. The smallest absolute Gasteiger partial charge is 0.118 e. The summed E-state index contributed by atoms with van der Waals surface area (Å²) in [6.07, 6.45) is 9.61. The molecule has 1 aliphatic rings. The first kappa shape index (κ1) is 12.7. The second-order valence-electron chi connectivity index (χ2n) is 4.17. The number of rotatable bonds is 4. The first-order valence-corrected chi connectivity index (χ1v) is 6.04. The lowest BCUT2D eigenvalue weighted by Crippen LogP contribution is -1.90. The summed E-state index contributed by atoms with van der Waals surface area (Å²) in [4.78, 5) is 0. The molecule has 2 heteroatoms. The summed E-state index contributed by atoms with van der Waals surface area (Å²) in [7, 11) is 3.40. The molecule has 2 nitrogen and oxygen atoms in total. The Hall–Kier alpha value is -1.80. The first-order chi connectivity index (χ1) is 8.83. The lowest BCUT2D eigenvalue weighted by Gasteiger charge is -2.04. The zero-order chi connectivity index (χ0) is 12.8. The average Bonchev–Trinajstić information content (AvgIpc) is 2.65. The largest absolute Gasteiger partial charge is 0.497 e. The molecule has 0 N–H and O–H groups in total. The normalized spacial score (nSPS) is 14.8. The predicted octanol–water partition coefficient (Wildman–Crippen LogP) is 3.61. The first-order valence-electron chi connectivity index (χ1n) is 6.04. The van der Waals surface area contributed by atoms with Crippen LogP contribution in [0.2, 0.25) is 0 Å². The van der Waals surface area contributed by atoms with Gasteiger partial charge in [0.2, 0.25) is 0 Å². The number of ether oxygens (including phenoxy) is 2. The van der Waals surface area contributed by atoms with Crippen molar-refractivity contribution in [1.82, 2.24) is 0 Å². The van der Waals surface area contributed by atoms with E-state index in [-0.39, 0.29) is 0 Å². The van der Waals surface area contributed by atoms with E-state index in [2.05, 4.69) is 36.4 Å². The van der Waals surface area contributed by atoms with Crippen molar-refractivity contribution in [3.8, 4) is 5.75 Å². The van der Waals surface area contributed by atoms with Crippen LogP contribution in [0.4, 0.5) is 0 Å². The minimum absolute atomic E-state index is 0.667. The Bertz CT molecular complexity index is 478. The summed E-state index contributed by atoms with van der Waals surface area (Å²) in [5.74, 6) is 0.884. The molecule has 0 heterocycles. The van der Waals surface area contributed by atoms with Crippen LogP contribution in [0.5, 0.6) is 5.75 Å². The van der Waals surface area contributed by atoms with Gasteiger partial charge in [0.15, 0.2) is 0 Å². The van der Waals surface area contributed by atoms with Gasteiger partial charge in [-0.25, -0.2) is 0 Å². The third-order valence-corrected chi connectivity index (χ3v) is 2.93. The Kier molecular flexibility index (Phi) is 4.37. The van der Waals surface area contributed by atoms with Crippen molar-refractivity contribution < 1.29 is 9.47 Å². The van der Waals surface area contributed by atoms with E-state index in [1.807, 2.05) is 12.1 Å². The number of methoxy groups -OCH3 is 2. The van der Waals surface area contributed by atoms with E-state index in [1.54, 1.807) is 14.2 Å². The van der Waals surface area contributed by atoms with Gasteiger partial charge in [0.1, 0.15) is 5.75 Å². The van der Waals surface area contributed by atoms with Gasteiger partial charge in [-0.15, -0.1) is 0 Å². The summed E-state index contributed by atoms with van der Waals surface area (Å²) >= 11 is 0. The molecule has 0 fully saturated rings. The highest BCUT2D eigenvalue weighted by atomic mass is 16.5. The zero-order valence-corrected chi connectivity index (χ0v) is 10.8. The third-order valence-electron chi connectivity index (χ3n) is 2.93. The fraction of sp³-hybridized carbons (Fsp3) is 0.250. The van der Waals surface area contributed by atoms with Crippen LogP contribution in [0.1, 0.15) is 12.0 Å². The Morgan fingerprint density at radius 1 is 1.00 bits per heavy atom. The Labute approximate surface area is 108 Å². The van der Waals surface area contributed by atoms with Crippen LogP contribution in [-0.2, 0) is 4.74 Å². The molecule has 2 rings (SSSR count). The number of hydrogen-bond donors (Lipinski definition) is 0. The summed E-state index contributed by atoms with van der Waals surface area (Å²) in [6.45, 7) is 0.667. The highest BCUT2D eigenvalue weighted by molar-refractivity contribution is 5.75. The van der Waals surface area contributed by atoms with E-state index in [0.717, 1.165) is 12.2 Å². The van der Waals surface area contributed by atoms with Gasteiger partial charge in [-0.05, 0) is 35.3 Å². The third kappa shape index (κ3) is 3.11. The van der Waals surface area contributed by atoms with Crippen molar-refractivity contribution >= 4 is 5.57 Å². The predicted molar refractivity (Wildman–Crippen MR) is 74.7 cm³/mol. The second kappa shape index (κ2) is 6.22. The molecular formula is C16H18O2. The second-order valence-corrected chi connectivity index (χ2v) is 4.17. The molecule has 0 atom stereocenters. The van der Waals surface area contributed by atoms with E-state index < -0.39 is 0 Å². The monoisotopic (exact) mass is 242 g/mol. The van der Waals surface area contributed by atoms with Crippen LogP contribution in [0.3, 0.4) is 0 Å². The molecule has 94 valence electrons. The van der Waals surface area contributed by atoms with Gasteiger partial charge in [-0.1, -0.05) is 36.4 Å². The van der Waals surface area contributed by atoms with Gasteiger partial charge < -0.3 is 9.47 Å². The maximum Gasteiger partial charge on any atom is 0.118 e. The molecule has 0 bridgehead atoms. The van der Waals surface area contributed by atoms with Crippen LogP contribution in [0.25, 0.3) is 5.57 Å². The molecule has 0 aliphatic heterocycles. The van der Waals surface area contributed by atoms with E-state index >= 15 is 0 Å². The molecule has 0 unspecified atom stereocenters. The fourth-order valence-corrected chi connectivity index (χ4v) is 1.94. The SMILES string of the molecule is COCC1=CCC=C(c2ccc(OC)cc2)C=C1. The lowest BCUT2D eigenvalue weighted by molar-refractivity contribution is 0.228. The molecule has 1 aliphatic carbocycles. The Morgan fingerprint density at radius 2 is 1.78 bits per heavy atom. The van der Waals surface area contributed by atoms with Gasteiger partial charge in [0.25, 0.3) is 0 Å². The van der Waals surface area contributed by atoms with Gasteiger partial charge in [0, 0.05) is 7.11 Å². The van der Waals surface area contributed by atoms with Crippen LogP contribution in [0, 0.1) is 0 Å². The maximum absolute atomic E-state index is 5.17. The minimum Gasteiger partial charge on any atom is -0.497 e. The molecule has 0 saturated heterocycles. The number of hydrogen-bond acceptors (Lipinski definition) is 2. The van der Waals surface area contributed by atoms with Crippen molar-refractivity contribution in [2.45, 2.75) is 6.42 Å². The molecule has 0 spiro atoms. The summed E-state index contributed by atoms with van der Waals surface area (Å²) in [5, 5.41) is 0. The van der Waals surface area contributed by atoms with Crippen molar-refractivity contribution in [2.24, 2.45) is 0 Å². The van der Waals surface area contributed by atoms with E-state index in [0.29, 0.717) is 6.61 Å². The van der Waals surface area contributed by atoms with E-state index in [4.69, 9.17) is 9.47 Å². The number of benzene rings is 1. The van der Waals surface area contributed by atoms with Crippen LogP contribution >= 0.6 is 0 Å². The highest BCUT2D eigenvalue weighted by Gasteiger charge is 2.02. The standard InChI is InChI=1S/C16H18O2/c1-17-12-13-4-3-5-14(7-6-13)15-8-10-16(18-2)11-9-15/h4-11H,3,12H2,1-2H3. The molecule has 0 saturated carbocycles.